The number of para-hydroxylation sites is 1. The summed E-state index contributed by atoms with van der Waals surface area (Å²) >= 11 is 12.9. The van der Waals surface area contributed by atoms with Crippen molar-refractivity contribution in [2.45, 2.75) is 112 Å². The predicted octanol–water partition coefficient (Wildman–Crippen LogP) is 7.76. The van der Waals surface area contributed by atoms with Gasteiger partial charge in [0, 0.05) is 54.3 Å². The number of nitrogens with zero attached hydrogens (tertiary/aromatic N) is 3. The highest BCUT2D eigenvalue weighted by molar-refractivity contribution is 6.31. The van der Waals surface area contributed by atoms with Crippen molar-refractivity contribution in [2.75, 3.05) is 31.5 Å². The molecule has 0 bridgehead atoms. The Morgan fingerprint density at radius 3 is 2.39 bits per heavy atom. The number of carbonyl (C=O) groups is 4. The quantitative estimate of drug-likeness (QED) is 0.126. The molecule has 66 heavy (non-hydrogen) atoms. The van der Waals surface area contributed by atoms with Gasteiger partial charge >= 0.3 is 5.69 Å². The van der Waals surface area contributed by atoms with E-state index in [1.54, 1.807) is 35.9 Å². The molecule has 6 aliphatic rings. The van der Waals surface area contributed by atoms with Crippen LogP contribution in [-0.4, -0.2) is 75.4 Å². The number of aryl methyl sites for hydroxylation is 1. The number of anilines is 1. The smallest absolute Gasteiger partial charge is 0.329 e. The topological polar surface area (TPSA) is 147 Å². The van der Waals surface area contributed by atoms with E-state index >= 15 is 4.39 Å². The van der Waals surface area contributed by atoms with Crippen molar-refractivity contribution in [3.8, 4) is 0 Å². The highest BCUT2D eigenvalue weighted by Crippen LogP contribution is 2.63. The highest BCUT2D eigenvalue weighted by atomic mass is 35.5. The third-order valence-corrected chi connectivity index (χ3v) is 16.7. The van der Waals surface area contributed by atoms with Crippen LogP contribution in [-0.2, 0) is 31.6 Å². The zero-order chi connectivity index (χ0) is 45.9. The summed E-state index contributed by atoms with van der Waals surface area (Å²) in [7, 11) is 1.73. The lowest BCUT2D eigenvalue weighted by Gasteiger charge is -2.47. The third-order valence-electron chi connectivity index (χ3n) is 16.2. The number of imidazole rings is 1. The van der Waals surface area contributed by atoms with E-state index in [0.717, 1.165) is 94.1 Å². The van der Waals surface area contributed by atoms with Crippen LogP contribution in [0.2, 0.25) is 10.0 Å². The van der Waals surface area contributed by atoms with Crippen LogP contribution < -0.4 is 27.0 Å². The maximum atomic E-state index is 16.3. The van der Waals surface area contributed by atoms with Gasteiger partial charge in [0.1, 0.15) is 17.3 Å². The fraction of sp³-hybridized carbons (Fsp3) is 0.510. The van der Waals surface area contributed by atoms with Gasteiger partial charge in [-0.25, -0.2) is 9.18 Å². The Kier molecular flexibility index (Phi) is 12.3. The minimum absolute atomic E-state index is 0.0411. The van der Waals surface area contributed by atoms with Gasteiger partial charge < -0.3 is 15.5 Å². The maximum Gasteiger partial charge on any atom is 0.329 e. The summed E-state index contributed by atoms with van der Waals surface area (Å²) in [6, 6.07) is 14.5. The fourth-order valence-electron chi connectivity index (χ4n) is 13.0. The Balaban J connectivity index is 0.761. The number of hydrogen-bond acceptors (Lipinski definition) is 7. The first kappa shape index (κ1) is 45.0. The Morgan fingerprint density at radius 1 is 0.894 bits per heavy atom. The molecular weight excluding hydrogens is 881 g/mol. The summed E-state index contributed by atoms with van der Waals surface area (Å²) in [5.74, 6) is -1.34. The Bertz CT molecular complexity index is 2680. The molecular formula is C51H58Cl2FN7O5. The van der Waals surface area contributed by atoms with Crippen LogP contribution >= 0.6 is 23.2 Å². The van der Waals surface area contributed by atoms with Crippen LogP contribution in [0.5, 0.6) is 0 Å². The Morgan fingerprint density at radius 2 is 1.64 bits per heavy atom. The molecule has 4 atom stereocenters. The van der Waals surface area contributed by atoms with Crippen LogP contribution in [0.15, 0.2) is 65.5 Å². The SMILES string of the molecule is Cn1c(=O)n(C2CCC(=O)NC2=O)c2cccc(/C=C/C3CCN(C[C@H]4CC[C@H](CNC(=O)[C@@H]5NC6(CCCCC6)[C@@]6(C(=O)Nc7cc(Cl)ccc76)[C@H]5c5cccc(Cl)c5F)CC4)CC3)c21. The van der Waals surface area contributed by atoms with E-state index < -0.39 is 40.7 Å². The van der Waals surface area contributed by atoms with Gasteiger partial charge in [-0.15, -0.1) is 0 Å². The number of halogens is 3. The molecule has 3 saturated heterocycles. The minimum Gasteiger partial charge on any atom is -0.354 e. The number of hydrogen-bond donors (Lipinski definition) is 4. The summed E-state index contributed by atoms with van der Waals surface area (Å²) in [5.41, 5.74) is 1.71. The van der Waals surface area contributed by atoms with Crippen LogP contribution in [0.3, 0.4) is 0 Å². The first-order chi connectivity index (χ1) is 31.9. The van der Waals surface area contributed by atoms with Gasteiger partial charge in [0.25, 0.3) is 0 Å². The van der Waals surface area contributed by atoms with E-state index in [-0.39, 0.29) is 40.4 Å². The van der Waals surface area contributed by atoms with Gasteiger partial charge in [-0.1, -0.05) is 84.9 Å². The molecule has 4 amide bonds. The number of amides is 4. The van der Waals surface area contributed by atoms with Gasteiger partial charge in [-0.2, -0.15) is 0 Å². The zero-order valence-corrected chi connectivity index (χ0v) is 38.9. The fourth-order valence-corrected chi connectivity index (χ4v) is 13.3. The number of likely N-dealkylation sites (tertiary alicyclic amines) is 1. The number of fused-ring (bicyclic) bond motifs is 4. The molecule has 12 nitrogen and oxygen atoms in total. The monoisotopic (exact) mass is 937 g/mol. The van der Waals surface area contributed by atoms with Gasteiger partial charge in [0.05, 0.1) is 22.1 Å². The van der Waals surface area contributed by atoms with Crippen molar-refractivity contribution in [1.29, 1.82) is 0 Å². The van der Waals surface area contributed by atoms with Crippen LogP contribution in [0.1, 0.15) is 112 Å². The van der Waals surface area contributed by atoms with Gasteiger partial charge in [0.2, 0.25) is 23.6 Å². The Hall–Kier alpha value is -4.82. The standard InChI is InChI=1S/C51H58Cl2FN7O5/c1-59-45-33(7-5-10-39(45)61(49(59)66)40-19-20-41(62)57-46(40)63)16-15-30-21-25-60(26-22-30)29-32-13-11-31(12-14-32)28-55-47(64)44-42(35-8-6-9-37(53)43(35)54)51(50(58-44)23-3-2-4-24-50)36-18-17-34(52)27-38(36)56-48(51)65/h5-10,15-18,27,30-32,40,42,44,58H,2-4,11-14,19-26,28-29H2,1H3,(H,55,64)(H,56,65)(H,57,62,63)/b16-15+/t31-,32-,40?,42-,44+,51+/m0/s1. The average molecular weight is 939 g/mol. The van der Waals surface area contributed by atoms with Crippen molar-refractivity contribution in [1.82, 2.24) is 30.0 Å². The number of aromatic nitrogens is 2. The lowest BCUT2D eigenvalue weighted by Crippen LogP contribution is -2.60. The van der Waals surface area contributed by atoms with Crippen LogP contribution in [0.25, 0.3) is 17.1 Å². The molecule has 15 heteroatoms. The van der Waals surface area contributed by atoms with E-state index in [2.05, 4.69) is 38.3 Å². The molecule has 4 aromatic rings. The predicted molar refractivity (Wildman–Crippen MR) is 254 cm³/mol. The molecule has 0 radical (unpaired) electrons. The number of imide groups is 1. The lowest BCUT2D eigenvalue weighted by molar-refractivity contribution is -0.135. The third kappa shape index (κ3) is 7.71. The van der Waals surface area contributed by atoms with Gasteiger partial charge in [0.15, 0.2) is 0 Å². The summed E-state index contributed by atoms with van der Waals surface area (Å²) in [6.07, 6.45) is 15.3. The normalized spacial score (nSPS) is 28.1. The summed E-state index contributed by atoms with van der Waals surface area (Å²) in [6.45, 7) is 3.61. The van der Waals surface area contributed by atoms with Crippen molar-refractivity contribution >= 4 is 69.6 Å². The number of piperidine rings is 2. The molecule has 2 aliphatic carbocycles. The number of rotatable bonds is 9. The molecule has 348 valence electrons. The summed E-state index contributed by atoms with van der Waals surface area (Å²) in [5, 5.41) is 13.0. The van der Waals surface area contributed by atoms with Crippen LogP contribution in [0, 0.1) is 23.6 Å². The lowest BCUT2D eigenvalue weighted by atomic mass is 9.55. The molecule has 4 aliphatic heterocycles. The zero-order valence-electron chi connectivity index (χ0n) is 37.4. The minimum atomic E-state index is -1.26. The average Bonchev–Trinajstić information content (AvgIpc) is 3.87. The number of allylic oxidation sites excluding steroid dienone is 1. The second-order valence-corrected chi connectivity index (χ2v) is 20.7. The first-order valence-electron chi connectivity index (χ1n) is 23.9. The largest absolute Gasteiger partial charge is 0.354 e. The molecule has 4 N–H and O–H groups in total. The van der Waals surface area contributed by atoms with Gasteiger partial charge in [-0.05, 0) is 124 Å². The molecule has 10 rings (SSSR count). The van der Waals surface area contributed by atoms with Gasteiger partial charge in [-0.3, -0.25) is 38.9 Å². The molecule has 2 saturated carbocycles. The van der Waals surface area contributed by atoms with Crippen LogP contribution in [0.4, 0.5) is 10.1 Å². The van der Waals surface area contributed by atoms with E-state index in [1.165, 1.54) is 10.6 Å². The molecule has 1 unspecified atom stereocenters. The Labute approximate surface area is 394 Å². The van der Waals surface area contributed by atoms with E-state index in [9.17, 15) is 24.0 Å². The van der Waals surface area contributed by atoms with E-state index in [4.69, 9.17) is 23.2 Å². The second kappa shape index (κ2) is 18.0. The van der Waals surface area contributed by atoms with E-state index in [0.29, 0.717) is 59.8 Å². The van der Waals surface area contributed by atoms with E-state index in [1.807, 2.05) is 24.3 Å². The molecule has 1 aromatic heterocycles. The van der Waals surface area contributed by atoms with Crippen molar-refractivity contribution < 1.29 is 23.6 Å². The van der Waals surface area contributed by atoms with Crippen molar-refractivity contribution in [2.24, 2.45) is 24.8 Å². The number of benzene rings is 3. The van der Waals surface area contributed by atoms with Crippen molar-refractivity contribution in [3.63, 3.8) is 0 Å². The molecule has 2 spiro atoms. The molecule has 3 aromatic carbocycles. The maximum absolute atomic E-state index is 16.3. The number of carbonyl (C=O) groups excluding carboxylic acids is 4. The summed E-state index contributed by atoms with van der Waals surface area (Å²) < 4.78 is 19.4. The second-order valence-electron chi connectivity index (χ2n) is 19.9. The molecule has 5 fully saturated rings. The first-order valence-corrected chi connectivity index (χ1v) is 24.7. The highest BCUT2D eigenvalue weighted by Gasteiger charge is 2.72. The molecule has 5 heterocycles. The summed E-state index contributed by atoms with van der Waals surface area (Å²) in [4.78, 5) is 69.8. The van der Waals surface area contributed by atoms with Crippen molar-refractivity contribution in [3.05, 3.63) is 104 Å². The number of nitrogens with one attached hydrogen (secondary N) is 4.